The fourth-order valence-corrected chi connectivity index (χ4v) is 2.36. The Morgan fingerprint density at radius 2 is 2.20 bits per heavy atom. The largest absolute Gasteiger partial charge is 0.508 e. The second-order valence-electron chi connectivity index (χ2n) is 4.97. The summed E-state index contributed by atoms with van der Waals surface area (Å²) in [7, 11) is 0. The Morgan fingerprint density at radius 1 is 1.45 bits per heavy atom. The minimum Gasteiger partial charge on any atom is -0.508 e. The highest BCUT2D eigenvalue weighted by Crippen LogP contribution is 2.24. The third-order valence-corrected chi connectivity index (χ3v) is 3.63. The van der Waals surface area contributed by atoms with Gasteiger partial charge >= 0.3 is 12.0 Å². The van der Waals surface area contributed by atoms with E-state index in [1.165, 1.54) is 12.1 Å². The minimum absolute atomic E-state index is 0.121. The zero-order valence-corrected chi connectivity index (χ0v) is 11.3. The molecule has 20 heavy (non-hydrogen) atoms. The molecule has 1 aliphatic rings. The van der Waals surface area contributed by atoms with Crippen LogP contribution in [-0.4, -0.2) is 40.2 Å². The van der Waals surface area contributed by atoms with Gasteiger partial charge in [-0.2, -0.15) is 0 Å². The highest BCUT2D eigenvalue weighted by atomic mass is 16.4. The average molecular weight is 278 g/mol. The fraction of sp³-hybridized carbons (Fsp3) is 0.429. The van der Waals surface area contributed by atoms with Crippen molar-refractivity contribution in [3.05, 3.63) is 23.8 Å². The van der Waals surface area contributed by atoms with Crippen LogP contribution in [0.25, 0.3) is 0 Å². The van der Waals surface area contributed by atoms with E-state index in [9.17, 15) is 14.7 Å². The molecule has 0 bridgehead atoms. The monoisotopic (exact) mass is 278 g/mol. The number of phenols is 1. The summed E-state index contributed by atoms with van der Waals surface area (Å²) in [5, 5.41) is 21.0. The lowest BCUT2D eigenvalue weighted by Crippen LogP contribution is -2.33. The quantitative estimate of drug-likeness (QED) is 0.740. The molecule has 6 heteroatoms. The van der Waals surface area contributed by atoms with Crippen molar-refractivity contribution in [1.82, 2.24) is 4.90 Å². The Labute approximate surface area is 117 Å². The summed E-state index contributed by atoms with van der Waals surface area (Å²) >= 11 is 0. The highest BCUT2D eigenvalue weighted by molar-refractivity contribution is 6.00. The Kier molecular flexibility index (Phi) is 4.12. The molecule has 0 radical (unpaired) electrons. The first-order valence-corrected chi connectivity index (χ1v) is 6.63. The number of aromatic carboxylic acids is 1. The standard InChI is InChI=1S/C14H18N2O4/c1-2-9-5-6-16(8-9)14(20)15-12-4-3-10(17)7-11(12)13(18)19/h3-4,7,9,17H,2,5-6,8H2,1H3,(H,15,20)(H,18,19). The first-order valence-electron chi connectivity index (χ1n) is 6.63. The van der Waals surface area contributed by atoms with Gasteiger partial charge in [0.2, 0.25) is 0 Å². The van der Waals surface area contributed by atoms with Gasteiger partial charge in [0.15, 0.2) is 0 Å². The first kappa shape index (κ1) is 14.2. The van der Waals surface area contributed by atoms with E-state index in [1.54, 1.807) is 4.90 Å². The lowest BCUT2D eigenvalue weighted by molar-refractivity contribution is 0.0697. The number of carbonyl (C=O) groups is 2. The molecule has 3 N–H and O–H groups in total. The number of carboxylic acid groups (broad SMARTS) is 1. The topological polar surface area (TPSA) is 89.9 Å². The number of carboxylic acids is 1. The molecule has 1 fully saturated rings. The van der Waals surface area contributed by atoms with Crippen molar-refractivity contribution in [1.29, 1.82) is 0 Å². The summed E-state index contributed by atoms with van der Waals surface area (Å²) in [6.45, 7) is 3.47. The molecular formula is C14H18N2O4. The Hall–Kier alpha value is -2.24. The van der Waals surface area contributed by atoms with E-state index in [0.717, 1.165) is 18.9 Å². The lowest BCUT2D eigenvalue weighted by atomic mass is 10.1. The summed E-state index contributed by atoms with van der Waals surface area (Å²) < 4.78 is 0. The zero-order valence-electron chi connectivity index (χ0n) is 11.3. The van der Waals surface area contributed by atoms with Gasteiger partial charge in [0.25, 0.3) is 0 Å². The van der Waals surface area contributed by atoms with Gasteiger partial charge in [0, 0.05) is 13.1 Å². The summed E-state index contributed by atoms with van der Waals surface area (Å²) in [4.78, 5) is 24.9. The summed E-state index contributed by atoms with van der Waals surface area (Å²) in [5.41, 5.74) is 0.0739. The third-order valence-electron chi connectivity index (χ3n) is 3.63. The Morgan fingerprint density at radius 3 is 2.80 bits per heavy atom. The number of urea groups is 1. The molecule has 1 aliphatic heterocycles. The predicted molar refractivity (Wildman–Crippen MR) is 74.1 cm³/mol. The van der Waals surface area contributed by atoms with Crippen LogP contribution in [0.15, 0.2) is 18.2 Å². The highest BCUT2D eigenvalue weighted by Gasteiger charge is 2.25. The molecule has 1 saturated heterocycles. The van der Waals surface area contributed by atoms with Crippen LogP contribution in [0.4, 0.5) is 10.5 Å². The Bertz CT molecular complexity index is 530. The number of hydrogen-bond acceptors (Lipinski definition) is 3. The maximum absolute atomic E-state index is 12.1. The molecule has 1 atom stereocenters. The average Bonchev–Trinajstić information content (AvgIpc) is 2.89. The molecule has 1 unspecified atom stereocenters. The number of rotatable bonds is 3. The number of nitrogens with zero attached hydrogens (tertiary/aromatic N) is 1. The fourth-order valence-electron chi connectivity index (χ4n) is 2.36. The molecule has 1 aromatic rings. The second kappa shape index (κ2) is 5.81. The van der Waals surface area contributed by atoms with Gasteiger partial charge in [0.1, 0.15) is 5.75 Å². The normalized spacial score (nSPS) is 18.1. The van der Waals surface area contributed by atoms with Crippen molar-refractivity contribution in [3.8, 4) is 5.75 Å². The molecule has 0 spiro atoms. The van der Waals surface area contributed by atoms with Gasteiger partial charge in [-0.3, -0.25) is 0 Å². The number of aromatic hydroxyl groups is 1. The molecule has 0 aliphatic carbocycles. The van der Waals surface area contributed by atoms with Crippen LogP contribution < -0.4 is 5.32 Å². The van der Waals surface area contributed by atoms with Crippen molar-refractivity contribution < 1.29 is 19.8 Å². The first-order chi connectivity index (χ1) is 9.51. The van der Waals surface area contributed by atoms with Crippen molar-refractivity contribution in [2.24, 2.45) is 5.92 Å². The molecule has 0 aromatic heterocycles. The van der Waals surface area contributed by atoms with E-state index in [0.29, 0.717) is 19.0 Å². The molecular weight excluding hydrogens is 260 g/mol. The second-order valence-corrected chi connectivity index (χ2v) is 4.97. The van der Waals surface area contributed by atoms with Crippen LogP contribution in [0.3, 0.4) is 0 Å². The summed E-state index contributed by atoms with van der Waals surface area (Å²) in [6.07, 6.45) is 2.01. The van der Waals surface area contributed by atoms with Crippen molar-refractivity contribution in [2.45, 2.75) is 19.8 Å². The zero-order chi connectivity index (χ0) is 14.7. The number of benzene rings is 1. The molecule has 1 aromatic carbocycles. The number of hydrogen-bond donors (Lipinski definition) is 3. The number of carbonyl (C=O) groups excluding carboxylic acids is 1. The summed E-state index contributed by atoms with van der Waals surface area (Å²) in [5.74, 6) is -0.823. The number of nitrogens with one attached hydrogen (secondary N) is 1. The molecule has 108 valence electrons. The van der Waals surface area contributed by atoms with E-state index in [-0.39, 0.29) is 23.0 Å². The van der Waals surface area contributed by atoms with Crippen LogP contribution in [0.5, 0.6) is 5.75 Å². The number of likely N-dealkylation sites (tertiary alicyclic amines) is 1. The molecule has 1 heterocycles. The van der Waals surface area contributed by atoms with Crippen LogP contribution in [0.1, 0.15) is 30.1 Å². The van der Waals surface area contributed by atoms with Gasteiger partial charge in [-0.25, -0.2) is 9.59 Å². The van der Waals surface area contributed by atoms with E-state index < -0.39 is 5.97 Å². The van der Waals surface area contributed by atoms with Crippen LogP contribution >= 0.6 is 0 Å². The van der Waals surface area contributed by atoms with Gasteiger partial charge in [-0.05, 0) is 30.5 Å². The van der Waals surface area contributed by atoms with Gasteiger partial charge in [0.05, 0.1) is 11.3 Å². The maximum atomic E-state index is 12.1. The molecule has 6 nitrogen and oxygen atoms in total. The lowest BCUT2D eigenvalue weighted by Gasteiger charge is -2.18. The molecule has 2 amide bonds. The van der Waals surface area contributed by atoms with Crippen LogP contribution in [0.2, 0.25) is 0 Å². The molecule has 2 rings (SSSR count). The number of amides is 2. The van der Waals surface area contributed by atoms with Crippen molar-refractivity contribution in [3.63, 3.8) is 0 Å². The van der Waals surface area contributed by atoms with E-state index in [1.807, 2.05) is 0 Å². The van der Waals surface area contributed by atoms with E-state index >= 15 is 0 Å². The van der Waals surface area contributed by atoms with Gasteiger partial charge < -0.3 is 20.4 Å². The Balaban J connectivity index is 2.10. The van der Waals surface area contributed by atoms with Crippen molar-refractivity contribution in [2.75, 3.05) is 18.4 Å². The van der Waals surface area contributed by atoms with E-state index in [2.05, 4.69) is 12.2 Å². The van der Waals surface area contributed by atoms with Gasteiger partial charge in [-0.15, -0.1) is 0 Å². The SMILES string of the molecule is CCC1CCN(C(=O)Nc2ccc(O)cc2C(=O)O)C1. The third kappa shape index (κ3) is 3.01. The van der Waals surface area contributed by atoms with Crippen molar-refractivity contribution >= 4 is 17.7 Å². The smallest absolute Gasteiger partial charge is 0.337 e. The minimum atomic E-state index is -1.19. The summed E-state index contributed by atoms with van der Waals surface area (Å²) in [6, 6.07) is 3.57. The van der Waals surface area contributed by atoms with Crippen LogP contribution in [0, 0.1) is 5.92 Å². The number of phenolic OH excluding ortho intramolecular Hbond substituents is 1. The maximum Gasteiger partial charge on any atom is 0.337 e. The van der Waals surface area contributed by atoms with Crippen LogP contribution in [-0.2, 0) is 0 Å². The van der Waals surface area contributed by atoms with Gasteiger partial charge in [-0.1, -0.05) is 13.3 Å². The predicted octanol–water partition coefficient (Wildman–Crippen LogP) is 2.35. The molecule has 0 saturated carbocycles. The van der Waals surface area contributed by atoms with E-state index in [4.69, 9.17) is 5.11 Å². The number of anilines is 1.